The quantitative estimate of drug-likeness (QED) is 0.448. The maximum Gasteiger partial charge on any atom is 0.230 e. The molecule has 1 atom stereocenters. The minimum atomic E-state index is -0.242. The number of rotatable bonds is 11. The molecular weight excluding hydrogens is 408 g/mol. The molecule has 2 aromatic carbocycles. The zero-order chi connectivity index (χ0) is 22.1. The van der Waals surface area contributed by atoms with Crippen LogP contribution in [0.25, 0.3) is 0 Å². The summed E-state index contributed by atoms with van der Waals surface area (Å²) >= 11 is 1.40. The van der Waals surface area contributed by atoms with Crippen LogP contribution in [0.15, 0.2) is 59.8 Å². The van der Waals surface area contributed by atoms with Crippen LogP contribution >= 0.6 is 11.8 Å². The first-order valence-electron chi connectivity index (χ1n) is 10.7. The Hall–Kier alpha value is -2.80. The smallest absolute Gasteiger partial charge is 0.230 e. The minimum absolute atomic E-state index is 0.00607. The van der Waals surface area contributed by atoms with E-state index >= 15 is 0 Å². The van der Waals surface area contributed by atoms with Crippen molar-refractivity contribution in [3.8, 4) is 5.75 Å². The average Bonchev–Trinajstić information content (AvgIpc) is 3.22. The number of aryl methyl sites for hydroxylation is 1. The first-order chi connectivity index (χ1) is 15.1. The van der Waals surface area contributed by atoms with Crippen molar-refractivity contribution < 1.29 is 9.53 Å². The highest BCUT2D eigenvalue weighted by molar-refractivity contribution is 7.99. The number of hydrogen-bond acceptors (Lipinski definition) is 5. The van der Waals surface area contributed by atoms with Gasteiger partial charge in [0.1, 0.15) is 5.75 Å². The second-order valence-corrected chi connectivity index (χ2v) is 8.16. The molecule has 7 heteroatoms. The van der Waals surface area contributed by atoms with Gasteiger partial charge in [0.25, 0.3) is 0 Å². The fourth-order valence-electron chi connectivity index (χ4n) is 3.24. The molecule has 3 aromatic rings. The Morgan fingerprint density at radius 2 is 1.81 bits per heavy atom. The van der Waals surface area contributed by atoms with Crippen molar-refractivity contribution in [3.05, 3.63) is 71.5 Å². The fraction of sp³-hybridized carbons (Fsp3) is 0.375. The second kappa shape index (κ2) is 11.6. The zero-order valence-corrected chi connectivity index (χ0v) is 19.2. The maximum atomic E-state index is 12.2. The number of nitrogens with zero attached hydrogens (tertiary/aromatic N) is 3. The van der Waals surface area contributed by atoms with Crippen LogP contribution in [0, 0.1) is 0 Å². The molecule has 0 saturated carbocycles. The molecule has 6 nitrogen and oxygen atoms in total. The highest BCUT2D eigenvalue weighted by atomic mass is 32.2. The van der Waals surface area contributed by atoms with Gasteiger partial charge in [0.05, 0.1) is 5.75 Å². The van der Waals surface area contributed by atoms with E-state index in [9.17, 15) is 4.79 Å². The number of carbonyl (C=O) groups excluding carboxylic acids is 1. The van der Waals surface area contributed by atoms with E-state index in [1.165, 1.54) is 22.9 Å². The van der Waals surface area contributed by atoms with Crippen molar-refractivity contribution in [1.29, 1.82) is 0 Å². The van der Waals surface area contributed by atoms with Crippen molar-refractivity contribution in [2.75, 3.05) is 12.3 Å². The molecule has 0 spiro atoms. The summed E-state index contributed by atoms with van der Waals surface area (Å²) in [7, 11) is 0. The molecule has 0 unspecified atom stereocenters. The molecule has 0 bridgehead atoms. The van der Waals surface area contributed by atoms with Gasteiger partial charge in [-0.05, 0) is 49.9 Å². The Morgan fingerprint density at radius 3 is 2.48 bits per heavy atom. The van der Waals surface area contributed by atoms with E-state index in [4.69, 9.17) is 4.74 Å². The summed E-state index contributed by atoms with van der Waals surface area (Å²) in [5.74, 6) is 1.87. The number of thioether (sulfide) groups is 1. The van der Waals surface area contributed by atoms with E-state index in [0.29, 0.717) is 18.8 Å². The summed E-state index contributed by atoms with van der Waals surface area (Å²) in [5.41, 5.74) is 2.49. The van der Waals surface area contributed by atoms with Crippen molar-refractivity contribution in [2.45, 2.75) is 51.4 Å². The topological polar surface area (TPSA) is 69.0 Å². The molecule has 0 aliphatic heterocycles. The minimum Gasteiger partial charge on any atom is -0.483 e. The van der Waals surface area contributed by atoms with Crippen LogP contribution in [0.3, 0.4) is 0 Å². The van der Waals surface area contributed by atoms with Crippen LogP contribution in [0.2, 0.25) is 0 Å². The molecule has 0 fully saturated rings. The average molecular weight is 439 g/mol. The highest BCUT2D eigenvalue weighted by Gasteiger charge is 2.19. The number of aromatic nitrogens is 3. The van der Waals surface area contributed by atoms with Gasteiger partial charge >= 0.3 is 0 Å². The molecular formula is C24H30N4O2S. The van der Waals surface area contributed by atoms with Gasteiger partial charge in [0, 0.05) is 13.1 Å². The predicted octanol–water partition coefficient (Wildman–Crippen LogP) is 4.45. The van der Waals surface area contributed by atoms with Crippen molar-refractivity contribution in [2.24, 2.45) is 0 Å². The molecule has 3 rings (SSSR count). The molecule has 0 saturated heterocycles. The molecule has 31 heavy (non-hydrogen) atoms. The molecule has 1 aromatic heterocycles. The maximum absolute atomic E-state index is 12.2. The molecule has 0 aliphatic carbocycles. The Morgan fingerprint density at radius 1 is 1.06 bits per heavy atom. The van der Waals surface area contributed by atoms with Crippen molar-refractivity contribution in [1.82, 2.24) is 20.1 Å². The van der Waals surface area contributed by atoms with Crippen molar-refractivity contribution in [3.63, 3.8) is 0 Å². The summed E-state index contributed by atoms with van der Waals surface area (Å²) in [5, 5.41) is 12.3. The lowest BCUT2D eigenvalue weighted by Gasteiger charge is -2.16. The van der Waals surface area contributed by atoms with E-state index in [0.717, 1.165) is 29.6 Å². The van der Waals surface area contributed by atoms with Crippen LogP contribution in [0.1, 0.15) is 43.8 Å². The van der Waals surface area contributed by atoms with Gasteiger partial charge in [0.2, 0.25) is 5.91 Å². The van der Waals surface area contributed by atoms with Crippen molar-refractivity contribution >= 4 is 17.7 Å². The lowest BCUT2D eigenvalue weighted by Crippen LogP contribution is -2.27. The first kappa shape index (κ1) is 22.9. The number of carbonyl (C=O) groups is 1. The third kappa shape index (κ3) is 6.59. The Labute approximate surface area is 188 Å². The number of amides is 1. The van der Waals surface area contributed by atoms with Gasteiger partial charge in [-0.15, -0.1) is 10.2 Å². The lowest BCUT2D eigenvalue weighted by molar-refractivity contribution is -0.118. The van der Waals surface area contributed by atoms with E-state index in [1.54, 1.807) is 0 Å². The van der Waals surface area contributed by atoms with Gasteiger partial charge in [-0.3, -0.25) is 4.79 Å². The second-order valence-electron chi connectivity index (χ2n) is 7.22. The monoisotopic (exact) mass is 438 g/mol. The zero-order valence-electron chi connectivity index (χ0n) is 18.4. The van der Waals surface area contributed by atoms with Crippen LogP contribution in [-0.2, 0) is 24.2 Å². The van der Waals surface area contributed by atoms with E-state index < -0.39 is 0 Å². The largest absolute Gasteiger partial charge is 0.483 e. The molecule has 1 heterocycles. The third-order valence-corrected chi connectivity index (χ3v) is 5.95. The lowest BCUT2D eigenvalue weighted by atomic mass is 10.1. The summed E-state index contributed by atoms with van der Waals surface area (Å²) in [6.07, 6.45) is 1.58. The SMILES string of the molecule is CCc1ccc(O[C@H](C)c2nnc(SCC(=O)NCCc3ccccc3)n2CC)cc1. The fourth-order valence-corrected chi connectivity index (χ4v) is 4.08. The van der Waals surface area contributed by atoms with Crippen LogP contribution in [0.5, 0.6) is 5.75 Å². The van der Waals surface area contributed by atoms with Gasteiger partial charge in [0.15, 0.2) is 17.1 Å². The van der Waals surface area contributed by atoms with E-state index in [2.05, 4.69) is 46.7 Å². The molecule has 1 N–H and O–H groups in total. The molecule has 164 valence electrons. The van der Waals surface area contributed by atoms with Crippen LogP contribution < -0.4 is 10.1 Å². The molecule has 0 radical (unpaired) electrons. The number of ether oxygens (including phenoxy) is 1. The number of benzene rings is 2. The molecule has 0 aliphatic rings. The standard InChI is InChI=1S/C24H30N4O2S/c1-4-19-11-13-21(14-12-19)30-18(3)23-26-27-24(28(23)5-2)31-17-22(29)25-16-15-20-9-7-6-8-10-20/h6-14,18H,4-5,15-17H2,1-3H3,(H,25,29)/t18-/m1/s1. The first-order valence-corrected chi connectivity index (χ1v) is 11.7. The number of nitrogens with one attached hydrogen (secondary N) is 1. The summed E-state index contributed by atoms with van der Waals surface area (Å²) in [6, 6.07) is 18.2. The van der Waals surface area contributed by atoms with E-state index in [-0.39, 0.29) is 12.0 Å². The summed E-state index contributed by atoms with van der Waals surface area (Å²) < 4.78 is 8.07. The molecule has 1 amide bonds. The van der Waals surface area contributed by atoms with Gasteiger partial charge in [-0.1, -0.05) is 61.2 Å². The van der Waals surface area contributed by atoms with E-state index in [1.807, 2.05) is 48.7 Å². The van der Waals surface area contributed by atoms with Gasteiger partial charge < -0.3 is 14.6 Å². The highest BCUT2D eigenvalue weighted by Crippen LogP contribution is 2.25. The van der Waals surface area contributed by atoms with Crippen LogP contribution in [-0.4, -0.2) is 33.0 Å². The summed E-state index contributed by atoms with van der Waals surface area (Å²) in [4.78, 5) is 12.2. The summed E-state index contributed by atoms with van der Waals surface area (Å²) in [6.45, 7) is 7.47. The van der Waals surface area contributed by atoms with Gasteiger partial charge in [-0.25, -0.2) is 0 Å². The Kier molecular flexibility index (Phi) is 8.53. The Balaban J connectivity index is 1.52. The third-order valence-electron chi connectivity index (χ3n) is 4.98. The van der Waals surface area contributed by atoms with Gasteiger partial charge in [-0.2, -0.15) is 0 Å². The number of hydrogen-bond donors (Lipinski definition) is 1. The predicted molar refractivity (Wildman–Crippen MR) is 124 cm³/mol. The normalized spacial score (nSPS) is 11.8. The Bertz CT molecular complexity index is 957. The van der Waals surface area contributed by atoms with Crippen LogP contribution in [0.4, 0.5) is 0 Å².